The summed E-state index contributed by atoms with van der Waals surface area (Å²) in [4.78, 5) is 0. The Kier molecular flexibility index (Phi) is 7.35. The topological polar surface area (TPSA) is 87.2 Å². The summed E-state index contributed by atoms with van der Waals surface area (Å²) in [7, 11) is -1.98. The Bertz CT molecular complexity index is 489. The van der Waals surface area contributed by atoms with Crippen LogP contribution in [0.15, 0.2) is 0 Å². The second kappa shape index (κ2) is 8.50. The van der Waals surface area contributed by atoms with E-state index in [1.807, 2.05) is 6.92 Å². The van der Waals surface area contributed by atoms with E-state index in [4.69, 9.17) is 0 Å². The number of aromatic nitrogens is 2. The van der Waals surface area contributed by atoms with Crippen LogP contribution in [0.5, 0.6) is 0 Å². The van der Waals surface area contributed by atoms with Gasteiger partial charge in [0.15, 0.2) is 0 Å². The number of aryl methyl sites for hydroxylation is 1. The third kappa shape index (κ3) is 5.70. The molecule has 0 saturated heterocycles. The fraction of sp³-hybridized carbons (Fsp3) is 0.818. The Morgan fingerprint density at radius 1 is 1.25 bits per heavy atom. The van der Waals surface area contributed by atoms with E-state index in [0.717, 1.165) is 37.4 Å². The first kappa shape index (κ1) is 17.3. The number of nitrogens with zero attached hydrogens (tertiary/aromatic N) is 3. The van der Waals surface area contributed by atoms with Crippen LogP contribution in [-0.2, 0) is 16.6 Å². The number of nitrogens with one attached hydrogen (secondary N) is 2. The summed E-state index contributed by atoms with van der Waals surface area (Å²) in [6, 6.07) is 0. The molecule has 1 aromatic rings. The van der Waals surface area contributed by atoms with E-state index in [1.165, 1.54) is 15.6 Å². The Labute approximate surface area is 125 Å². The average molecular weight is 321 g/mol. The molecule has 1 aromatic heterocycles. The second-order valence-corrected chi connectivity index (χ2v) is 7.23. The average Bonchev–Trinajstić information content (AvgIpc) is 2.85. The van der Waals surface area contributed by atoms with Gasteiger partial charge in [0, 0.05) is 13.6 Å². The molecule has 0 aliphatic heterocycles. The lowest BCUT2D eigenvalue weighted by Crippen LogP contribution is -2.34. The monoisotopic (exact) mass is 321 g/mol. The van der Waals surface area contributed by atoms with Gasteiger partial charge in [0.2, 0.25) is 5.13 Å². The van der Waals surface area contributed by atoms with Crippen molar-refractivity contribution in [3.05, 3.63) is 5.01 Å². The van der Waals surface area contributed by atoms with Crippen molar-refractivity contribution < 1.29 is 8.42 Å². The summed E-state index contributed by atoms with van der Waals surface area (Å²) in [5.74, 6) is 0. The van der Waals surface area contributed by atoms with E-state index >= 15 is 0 Å². The molecule has 0 saturated carbocycles. The van der Waals surface area contributed by atoms with Crippen LogP contribution < -0.4 is 10.0 Å². The lowest BCUT2D eigenvalue weighted by molar-refractivity contribution is 0.458. The summed E-state index contributed by atoms with van der Waals surface area (Å²) < 4.78 is 27.8. The van der Waals surface area contributed by atoms with Gasteiger partial charge in [-0.15, -0.1) is 10.2 Å². The molecule has 0 aliphatic rings. The predicted octanol–water partition coefficient (Wildman–Crippen LogP) is 1.08. The van der Waals surface area contributed by atoms with Crippen molar-refractivity contribution in [3.8, 4) is 0 Å². The molecule has 0 aliphatic carbocycles. The highest BCUT2D eigenvalue weighted by molar-refractivity contribution is 7.90. The second-order valence-electron chi connectivity index (χ2n) is 4.39. The minimum atomic E-state index is -3.54. The Hall–Kier alpha value is -0.770. The summed E-state index contributed by atoms with van der Waals surface area (Å²) >= 11 is 1.26. The minimum absolute atomic E-state index is 0.317. The Balaban J connectivity index is 2.42. The molecule has 116 valence electrons. The summed E-state index contributed by atoms with van der Waals surface area (Å²) in [5, 5.41) is 12.1. The fourth-order valence-corrected chi connectivity index (χ4v) is 3.27. The van der Waals surface area contributed by atoms with Gasteiger partial charge in [0.25, 0.3) is 0 Å². The van der Waals surface area contributed by atoms with Crippen LogP contribution in [0.4, 0.5) is 5.13 Å². The van der Waals surface area contributed by atoms with Gasteiger partial charge in [-0.3, -0.25) is 0 Å². The molecule has 0 amide bonds. The number of rotatable bonds is 10. The van der Waals surface area contributed by atoms with Gasteiger partial charge in [0.05, 0.1) is 0 Å². The maximum absolute atomic E-state index is 12.1. The number of hydrogen-bond donors (Lipinski definition) is 2. The van der Waals surface area contributed by atoms with Crippen LogP contribution in [0.25, 0.3) is 0 Å². The summed E-state index contributed by atoms with van der Waals surface area (Å²) in [6.45, 7) is 6.28. The van der Waals surface area contributed by atoms with Crippen LogP contribution in [-0.4, -0.2) is 49.6 Å². The molecule has 0 bridgehead atoms. The molecule has 0 fully saturated rings. The first-order chi connectivity index (χ1) is 9.49. The van der Waals surface area contributed by atoms with Crippen molar-refractivity contribution >= 4 is 26.7 Å². The molecule has 7 nitrogen and oxygen atoms in total. The molecule has 0 aromatic carbocycles. The van der Waals surface area contributed by atoms with Crippen molar-refractivity contribution in [1.29, 1.82) is 0 Å². The van der Waals surface area contributed by atoms with Crippen LogP contribution in [0.1, 0.15) is 31.7 Å². The predicted molar refractivity (Wildman–Crippen MR) is 82.2 cm³/mol. The molecular formula is C11H23N5O2S2. The molecule has 0 spiro atoms. The van der Waals surface area contributed by atoms with Crippen molar-refractivity contribution in [2.75, 3.05) is 31.4 Å². The zero-order chi connectivity index (χ0) is 15.0. The number of anilines is 1. The van der Waals surface area contributed by atoms with Gasteiger partial charge >= 0.3 is 10.2 Å². The molecule has 1 rings (SSSR count). The van der Waals surface area contributed by atoms with Gasteiger partial charge in [0.1, 0.15) is 5.01 Å². The highest BCUT2D eigenvalue weighted by Crippen LogP contribution is 2.17. The van der Waals surface area contributed by atoms with E-state index in [1.54, 1.807) is 7.05 Å². The fourth-order valence-electron chi connectivity index (χ4n) is 1.47. The van der Waals surface area contributed by atoms with Crippen molar-refractivity contribution in [1.82, 2.24) is 19.8 Å². The molecule has 2 N–H and O–H groups in total. The normalized spacial score (nSPS) is 12.0. The van der Waals surface area contributed by atoms with Gasteiger partial charge < -0.3 is 5.32 Å². The van der Waals surface area contributed by atoms with Gasteiger partial charge in [-0.2, -0.15) is 12.7 Å². The van der Waals surface area contributed by atoms with Crippen molar-refractivity contribution in [2.24, 2.45) is 0 Å². The SMILES string of the molecule is CCCNCCCN(C)S(=O)(=O)Nc1nnc(CC)s1. The largest absolute Gasteiger partial charge is 0.317 e. The van der Waals surface area contributed by atoms with Crippen LogP contribution in [0.2, 0.25) is 0 Å². The Morgan fingerprint density at radius 3 is 2.60 bits per heavy atom. The molecule has 20 heavy (non-hydrogen) atoms. The lowest BCUT2D eigenvalue weighted by atomic mass is 10.4. The maximum atomic E-state index is 12.1. The van der Waals surface area contributed by atoms with Crippen LogP contribution in [0, 0.1) is 0 Å². The van der Waals surface area contributed by atoms with Crippen LogP contribution in [0.3, 0.4) is 0 Å². The van der Waals surface area contributed by atoms with E-state index in [0.29, 0.717) is 11.7 Å². The third-order valence-electron chi connectivity index (χ3n) is 2.65. The van der Waals surface area contributed by atoms with Gasteiger partial charge in [-0.25, -0.2) is 4.72 Å². The lowest BCUT2D eigenvalue weighted by Gasteiger charge is -2.16. The highest BCUT2D eigenvalue weighted by Gasteiger charge is 2.19. The summed E-state index contributed by atoms with van der Waals surface area (Å²) in [5.41, 5.74) is 0. The zero-order valence-electron chi connectivity index (χ0n) is 12.2. The molecule has 0 unspecified atom stereocenters. The number of hydrogen-bond acceptors (Lipinski definition) is 6. The standard InChI is InChI=1S/C11H23N5O2S2/c1-4-7-12-8-6-9-16(3)20(17,18)15-11-14-13-10(5-2)19-11/h12H,4-9H2,1-3H3,(H,14,15). The van der Waals surface area contributed by atoms with Gasteiger partial charge in [-0.1, -0.05) is 25.2 Å². The van der Waals surface area contributed by atoms with Gasteiger partial charge in [-0.05, 0) is 32.4 Å². The molecule has 1 heterocycles. The molecule has 0 atom stereocenters. The van der Waals surface area contributed by atoms with Crippen molar-refractivity contribution in [2.45, 2.75) is 33.1 Å². The quantitative estimate of drug-likeness (QED) is 0.630. The van der Waals surface area contributed by atoms with E-state index in [9.17, 15) is 8.42 Å². The summed E-state index contributed by atoms with van der Waals surface area (Å²) in [6.07, 6.45) is 2.60. The minimum Gasteiger partial charge on any atom is -0.317 e. The van der Waals surface area contributed by atoms with E-state index in [2.05, 4.69) is 27.2 Å². The van der Waals surface area contributed by atoms with E-state index in [-0.39, 0.29) is 0 Å². The Morgan fingerprint density at radius 2 is 2.00 bits per heavy atom. The molecular weight excluding hydrogens is 298 g/mol. The smallest absolute Gasteiger partial charge is 0.303 e. The first-order valence-corrected chi connectivity index (χ1v) is 9.02. The maximum Gasteiger partial charge on any atom is 0.303 e. The van der Waals surface area contributed by atoms with E-state index < -0.39 is 10.2 Å². The molecule has 0 radical (unpaired) electrons. The van der Waals surface area contributed by atoms with Crippen LogP contribution >= 0.6 is 11.3 Å². The zero-order valence-corrected chi connectivity index (χ0v) is 13.9. The van der Waals surface area contributed by atoms with Crippen molar-refractivity contribution in [3.63, 3.8) is 0 Å². The first-order valence-electron chi connectivity index (χ1n) is 6.76. The highest BCUT2D eigenvalue weighted by atomic mass is 32.2. The molecule has 9 heteroatoms. The third-order valence-corrected chi connectivity index (χ3v) is 5.22.